The third-order valence-corrected chi connectivity index (χ3v) is 3.82. The van der Waals surface area contributed by atoms with Crippen molar-refractivity contribution in [1.29, 1.82) is 0 Å². The van der Waals surface area contributed by atoms with Gasteiger partial charge in [-0.05, 0) is 31.1 Å². The van der Waals surface area contributed by atoms with E-state index in [4.69, 9.17) is 10.5 Å². The van der Waals surface area contributed by atoms with Gasteiger partial charge in [0, 0.05) is 25.6 Å². The van der Waals surface area contributed by atoms with Crippen LogP contribution in [-0.4, -0.2) is 31.7 Å². The van der Waals surface area contributed by atoms with Gasteiger partial charge in [-0.15, -0.1) is 0 Å². The van der Waals surface area contributed by atoms with Crippen LogP contribution in [0, 0.1) is 11.8 Å². The fourth-order valence-corrected chi connectivity index (χ4v) is 2.48. The summed E-state index contributed by atoms with van der Waals surface area (Å²) >= 11 is 0. The SMILES string of the molecule is CC(C)CCOCCNC(=O)CC1CCCCC1N. The number of nitrogens with two attached hydrogens (primary N) is 1. The van der Waals surface area contributed by atoms with E-state index in [0.717, 1.165) is 25.9 Å². The van der Waals surface area contributed by atoms with Gasteiger partial charge in [0.15, 0.2) is 0 Å². The highest BCUT2D eigenvalue weighted by Crippen LogP contribution is 2.25. The summed E-state index contributed by atoms with van der Waals surface area (Å²) < 4.78 is 5.47. The molecule has 112 valence electrons. The predicted octanol–water partition coefficient (Wildman–Crippen LogP) is 2.07. The molecule has 1 amide bonds. The fraction of sp³-hybridized carbons (Fsp3) is 0.933. The van der Waals surface area contributed by atoms with Crippen molar-refractivity contribution in [3.63, 3.8) is 0 Å². The minimum absolute atomic E-state index is 0.120. The van der Waals surface area contributed by atoms with E-state index in [2.05, 4.69) is 19.2 Å². The van der Waals surface area contributed by atoms with Crippen LogP contribution >= 0.6 is 0 Å². The molecule has 1 rings (SSSR count). The van der Waals surface area contributed by atoms with Crippen molar-refractivity contribution in [2.75, 3.05) is 19.8 Å². The normalized spacial score (nSPS) is 23.6. The molecule has 0 saturated heterocycles. The van der Waals surface area contributed by atoms with Crippen LogP contribution in [0.1, 0.15) is 52.4 Å². The summed E-state index contributed by atoms with van der Waals surface area (Å²) in [6.45, 7) is 6.35. The van der Waals surface area contributed by atoms with Gasteiger partial charge < -0.3 is 15.8 Å². The largest absolute Gasteiger partial charge is 0.380 e. The van der Waals surface area contributed by atoms with Crippen LogP contribution in [0.2, 0.25) is 0 Å². The van der Waals surface area contributed by atoms with Gasteiger partial charge in [0.1, 0.15) is 0 Å². The van der Waals surface area contributed by atoms with Gasteiger partial charge in [-0.3, -0.25) is 4.79 Å². The maximum absolute atomic E-state index is 11.8. The lowest BCUT2D eigenvalue weighted by molar-refractivity contribution is -0.122. The van der Waals surface area contributed by atoms with Crippen molar-refractivity contribution in [3.8, 4) is 0 Å². The van der Waals surface area contributed by atoms with Crippen molar-refractivity contribution in [2.45, 2.75) is 58.4 Å². The fourth-order valence-electron chi connectivity index (χ4n) is 2.48. The van der Waals surface area contributed by atoms with Crippen molar-refractivity contribution in [3.05, 3.63) is 0 Å². The van der Waals surface area contributed by atoms with Gasteiger partial charge in [-0.2, -0.15) is 0 Å². The average Bonchev–Trinajstić information content (AvgIpc) is 2.36. The quantitative estimate of drug-likeness (QED) is 0.664. The van der Waals surface area contributed by atoms with Gasteiger partial charge in [0.2, 0.25) is 5.91 Å². The average molecular weight is 270 g/mol. The molecule has 4 nitrogen and oxygen atoms in total. The summed E-state index contributed by atoms with van der Waals surface area (Å²) in [5.74, 6) is 1.16. The van der Waals surface area contributed by atoms with E-state index in [1.54, 1.807) is 0 Å². The molecule has 19 heavy (non-hydrogen) atoms. The molecule has 0 heterocycles. The molecule has 1 aliphatic carbocycles. The Balaban J connectivity index is 2.01. The Labute approximate surface area is 117 Å². The number of amides is 1. The highest BCUT2D eigenvalue weighted by Gasteiger charge is 2.23. The summed E-state index contributed by atoms with van der Waals surface area (Å²) in [5, 5.41) is 2.92. The van der Waals surface area contributed by atoms with Gasteiger partial charge in [0.05, 0.1) is 6.61 Å². The zero-order valence-electron chi connectivity index (χ0n) is 12.5. The smallest absolute Gasteiger partial charge is 0.220 e. The number of hydrogen-bond acceptors (Lipinski definition) is 3. The van der Waals surface area contributed by atoms with Crippen LogP contribution in [-0.2, 0) is 9.53 Å². The minimum atomic E-state index is 0.120. The van der Waals surface area contributed by atoms with E-state index in [1.807, 2.05) is 0 Å². The summed E-state index contributed by atoms with van der Waals surface area (Å²) in [5.41, 5.74) is 6.05. The molecular formula is C15H30N2O2. The number of carbonyl (C=O) groups is 1. The van der Waals surface area contributed by atoms with E-state index in [9.17, 15) is 4.79 Å². The molecule has 0 aliphatic heterocycles. The number of ether oxygens (including phenoxy) is 1. The second-order valence-corrected chi connectivity index (χ2v) is 6.06. The Morgan fingerprint density at radius 3 is 2.74 bits per heavy atom. The topological polar surface area (TPSA) is 64.3 Å². The van der Waals surface area contributed by atoms with E-state index >= 15 is 0 Å². The summed E-state index contributed by atoms with van der Waals surface area (Å²) in [6, 6.07) is 0.210. The number of carbonyl (C=O) groups excluding carboxylic acids is 1. The highest BCUT2D eigenvalue weighted by molar-refractivity contribution is 5.76. The lowest BCUT2D eigenvalue weighted by Crippen LogP contribution is -2.37. The minimum Gasteiger partial charge on any atom is -0.380 e. The molecule has 0 aromatic carbocycles. The number of nitrogens with one attached hydrogen (secondary N) is 1. The first-order valence-electron chi connectivity index (χ1n) is 7.69. The summed E-state index contributed by atoms with van der Waals surface area (Å²) in [7, 11) is 0. The molecule has 2 atom stereocenters. The third kappa shape index (κ3) is 7.53. The van der Waals surface area contributed by atoms with Crippen LogP contribution in [0.3, 0.4) is 0 Å². The number of rotatable bonds is 8. The lowest BCUT2D eigenvalue weighted by atomic mass is 9.83. The molecule has 0 spiro atoms. The van der Waals surface area contributed by atoms with Gasteiger partial charge in [-0.25, -0.2) is 0 Å². The first-order chi connectivity index (χ1) is 9.09. The maximum atomic E-state index is 11.8. The molecular weight excluding hydrogens is 240 g/mol. The summed E-state index contributed by atoms with van der Waals surface area (Å²) in [4.78, 5) is 11.8. The molecule has 0 bridgehead atoms. The standard InChI is InChI=1S/C15H30N2O2/c1-12(2)7-9-19-10-8-17-15(18)11-13-5-3-4-6-14(13)16/h12-14H,3-11,16H2,1-2H3,(H,17,18). The van der Waals surface area contributed by atoms with E-state index in [1.165, 1.54) is 12.8 Å². The van der Waals surface area contributed by atoms with E-state index < -0.39 is 0 Å². The third-order valence-electron chi connectivity index (χ3n) is 3.82. The molecule has 1 fully saturated rings. The Hall–Kier alpha value is -0.610. The predicted molar refractivity (Wildman–Crippen MR) is 77.8 cm³/mol. The van der Waals surface area contributed by atoms with Crippen LogP contribution in [0.4, 0.5) is 0 Å². The Morgan fingerprint density at radius 1 is 1.32 bits per heavy atom. The first-order valence-corrected chi connectivity index (χ1v) is 7.69. The van der Waals surface area contributed by atoms with Crippen molar-refractivity contribution < 1.29 is 9.53 Å². The second-order valence-electron chi connectivity index (χ2n) is 6.06. The zero-order valence-corrected chi connectivity index (χ0v) is 12.5. The molecule has 0 aromatic heterocycles. The van der Waals surface area contributed by atoms with Gasteiger partial charge in [-0.1, -0.05) is 26.7 Å². The van der Waals surface area contributed by atoms with Crippen LogP contribution < -0.4 is 11.1 Å². The maximum Gasteiger partial charge on any atom is 0.220 e. The Morgan fingerprint density at radius 2 is 2.05 bits per heavy atom. The first kappa shape index (κ1) is 16.4. The van der Waals surface area contributed by atoms with Crippen molar-refractivity contribution >= 4 is 5.91 Å². The van der Waals surface area contributed by atoms with Crippen molar-refractivity contribution in [1.82, 2.24) is 5.32 Å². The van der Waals surface area contributed by atoms with Gasteiger partial charge in [0.25, 0.3) is 0 Å². The highest BCUT2D eigenvalue weighted by atomic mass is 16.5. The monoisotopic (exact) mass is 270 g/mol. The molecule has 0 radical (unpaired) electrons. The molecule has 1 saturated carbocycles. The second kappa shape index (κ2) is 9.32. The summed E-state index contributed by atoms with van der Waals surface area (Å²) in [6.07, 6.45) is 6.24. The Bertz CT molecular complexity index is 257. The van der Waals surface area contributed by atoms with Crippen LogP contribution in [0.15, 0.2) is 0 Å². The zero-order chi connectivity index (χ0) is 14.1. The Kier molecular flexibility index (Phi) is 8.07. The molecule has 4 heteroatoms. The lowest BCUT2D eigenvalue weighted by Gasteiger charge is -2.27. The van der Waals surface area contributed by atoms with E-state index in [0.29, 0.717) is 31.4 Å². The van der Waals surface area contributed by atoms with Crippen molar-refractivity contribution in [2.24, 2.45) is 17.6 Å². The van der Waals surface area contributed by atoms with Crippen LogP contribution in [0.25, 0.3) is 0 Å². The molecule has 2 unspecified atom stereocenters. The van der Waals surface area contributed by atoms with E-state index in [-0.39, 0.29) is 11.9 Å². The molecule has 0 aromatic rings. The molecule has 1 aliphatic rings. The van der Waals surface area contributed by atoms with Gasteiger partial charge >= 0.3 is 0 Å². The van der Waals surface area contributed by atoms with Crippen LogP contribution in [0.5, 0.6) is 0 Å². The number of hydrogen-bond donors (Lipinski definition) is 2. The molecule has 3 N–H and O–H groups in total.